The number of carbonyl (C=O) groups is 2. The Labute approximate surface area is 259 Å². The van der Waals surface area contributed by atoms with E-state index in [1.807, 2.05) is 0 Å². The van der Waals surface area contributed by atoms with Crippen molar-refractivity contribution in [1.82, 2.24) is 8.61 Å². The van der Waals surface area contributed by atoms with Crippen molar-refractivity contribution < 1.29 is 52.8 Å². The Morgan fingerprint density at radius 3 is 0.804 bits per heavy atom. The molecule has 0 N–H and O–H groups in total. The van der Waals surface area contributed by atoms with E-state index in [9.17, 15) is 52.8 Å². The fraction of sp³-hybridized carbons (Fsp3) is 0.133. The van der Waals surface area contributed by atoms with Crippen molar-refractivity contribution >= 4 is 31.9 Å². The summed E-state index contributed by atoms with van der Waals surface area (Å²) in [5.74, 6) is -5.42. The van der Waals surface area contributed by atoms with Gasteiger partial charge in [0.05, 0.1) is 12.1 Å². The third-order valence-corrected chi connectivity index (χ3v) is 9.58. The van der Waals surface area contributed by atoms with Gasteiger partial charge in [-0.1, -0.05) is 121 Å². The summed E-state index contributed by atoms with van der Waals surface area (Å²) in [6.45, 7) is 0. The number of benzene rings is 4. The third-order valence-electron chi connectivity index (χ3n) is 6.62. The van der Waals surface area contributed by atoms with Gasteiger partial charge in [0.25, 0.3) is 0 Å². The Hall–Kier alpha value is -4.70. The van der Waals surface area contributed by atoms with Crippen LogP contribution in [0.2, 0.25) is 0 Å². The molecule has 0 heterocycles. The first-order valence-electron chi connectivity index (χ1n) is 13.0. The molecule has 0 radical (unpaired) electrons. The zero-order valence-electron chi connectivity index (χ0n) is 23.1. The maximum Gasteiger partial charge on any atom is 0.516 e. The molecule has 0 spiro atoms. The van der Waals surface area contributed by atoms with Crippen LogP contribution in [0.3, 0.4) is 0 Å². The average molecular weight is 685 g/mol. The molecule has 2 amide bonds. The molecule has 8 nitrogen and oxygen atoms in total. The van der Waals surface area contributed by atoms with E-state index in [2.05, 4.69) is 0 Å². The highest BCUT2D eigenvalue weighted by atomic mass is 32.2. The van der Waals surface area contributed by atoms with Crippen LogP contribution in [0.15, 0.2) is 121 Å². The molecule has 0 unspecified atom stereocenters. The number of amides is 2. The lowest BCUT2D eigenvalue weighted by atomic mass is 9.98. The molecule has 0 fully saturated rings. The minimum atomic E-state index is -6.89. The minimum absolute atomic E-state index is 0.296. The van der Waals surface area contributed by atoms with Crippen LogP contribution >= 0.6 is 0 Å². The number of rotatable bonds is 8. The molecule has 0 aliphatic heterocycles. The second-order valence-corrected chi connectivity index (χ2v) is 13.2. The largest absolute Gasteiger partial charge is 0.516 e. The van der Waals surface area contributed by atoms with Crippen LogP contribution in [0.1, 0.15) is 34.3 Å². The molecule has 0 aliphatic rings. The molecule has 242 valence electrons. The van der Waals surface area contributed by atoms with Crippen molar-refractivity contribution in [3.05, 3.63) is 144 Å². The lowest BCUT2D eigenvalue weighted by molar-refractivity contribution is -0.148. The molecular weight excluding hydrogens is 662 g/mol. The van der Waals surface area contributed by atoms with Crippen LogP contribution in [-0.2, 0) is 29.6 Å². The predicted molar refractivity (Wildman–Crippen MR) is 153 cm³/mol. The van der Waals surface area contributed by atoms with Crippen LogP contribution in [0.5, 0.6) is 0 Å². The zero-order chi connectivity index (χ0) is 33.9. The Kier molecular flexibility index (Phi) is 9.63. The first kappa shape index (κ1) is 34.2. The molecule has 4 aromatic carbocycles. The summed E-state index contributed by atoms with van der Waals surface area (Å²) in [5.41, 5.74) is -13.7. The smallest absolute Gasteiger partial charge is 0.262 e. The first-order valence-corrected chi connectivity index (χ1v) is 15.9. The Balaban J connectivity index is 2.05. The van der Waals surface area contributed by atoms with Gasteiger partial charge in [0.1, 0.15) is 0 Å². The molecule has 0 atom stereocenters. The molecule has 0 saturated heterocycles. The summed E-state index contributed by atoms with van der Waals surface area (Å²) < 4.78 is 136. The summed E-state index contributed by atoms with van der Waals surface area (Å²) in [5, 5.41) is 0. The standard InChI is InChI=1S/C30H22F6N2O6S2/c31-29(32,33)45(41,42)37(25(21-13-5-1-6-14-21)22-15-7-2-8-16-22)27(39)28(40)38(46(43,44)30(34,35)36)26(23-17-9-3-10-18-23)24-19-11-4-12-20-24/h1-20,25-26H. The van der Waals surface area contributed by atoms with Crippen LogP contribution in [-0.4, -0.2) is 48.3 Å². The van der Waals surface area contributed by atoms with Crippen molar-refractivity contribution in [2.24, 2.45) is 0 Å². The van der Waals surface area contributed by atoms with Crippen molar-refractivity contribution in [3.63, 3.8) is 0 Å². The fourth-order valence-electron chi connectivity index (χ4n) is 4.61. The second kappa shape index (κ2) is 13.0. The maximum absolute atomic E-state index is 14.2. The predicted octanol–water partition coefficient (Wildman–Crippen LogP) is 5.92. The number of nitrogens with zero attached hydrogens (tertiary/aromatic N) is 2. The van der Waals surface area contributed by atoms with Crippen LogP contribution in [0, 0.1) is 0 Å². The van der Waals surface area contributed by atoms with Crippen molar-refractivity contribution in [1.29, 1.82) is 0 Å². The number of carbonyl (C=O) groups excluding carboxylic acids is 2. The molecule has 0 aromatic heterocycles. The van der Waals surface area contributed by atoms with E-state index in [1.165, 1.54) is 72.8 Å². The van der Waals surface area contributed by atoms with Gasteiger partial charge in [-0.05, 0) is 22.3 Å². The van der Waals surface area contributed by atoms with Gasteiger partial charge in [-0.2, -0.15) is 43.2 Å². The molecule has 0 bridgehead atoms. The van der Waals surface area contributed by atoms with Crippen LogP contribution in [0.25, 0.3) is 0 Å². The number of hydrogen-bond acceptors (Lipinski definition) is 6. The van der Waals surface area contributed by atoms with Crippen molar-refractivity contribution in [2.45, 2.75) is 23.1 Å². The molecule has 4 rings (SSSR count). The first-order chi connectivity index (χ1) is 21.5. The maximum atomic E-state index is 14.2. The zero-order valence-corrected chi connectivity index (χ0v) is 24.8. The summed E-state index contributed by atoms with van der Waals surface area (Å²) in [6.07, 6.45) is 0. The van der Waals surface area contributed by atoms with Gasteiger partial charge in [0.15, 0.2) is 0 Å². The van der Waals surface area contributed by atoms with E-state index in [1.54, 1.807) is 0 Å². The lowest BCUT2D eigenvalue weighted by Gasteiger charge is -2.35. The van der Waals surface area contributed by atoms with E-state index in [-0.39, 0.29) is 22.3 Å². The minimum Gasteiger partial charge on any atom is -0.262 e. The highest BCUT2D eigenvalue weighted by Crippen LogP contribution is 2.41. The van der Waals surface area contributed by atoms with Gasteiger partial charge < -0.3 is 0 Å². The summed E-state index contributed by atoms with van der Waals surface area (Å²) in [4.78, 5) is 27.9. The highest BCUT2D eigenvalue weighted by Gasteiger charge is 2.60. The molecule has 46 heavy (non-hydrogen) atoms. The van der Waals surface area contributed by atoms with Crippen molar-refractivity contribution in [2.75, 3.05) is 0 Å². The molecule has 0 saturated carbocycles. The van der Waals surface area contributed by atoms with Gasteiger partial charge in [-0.15, -0.1) is 0 Å². The third kappa shape index (κ3) is 6.62. The summed E-state index contributed by atoms with van der Waals surface area (Å²) in [7, 11) is -13.8. The van der Waals surface area contributed by atoms with E-state index < -0.39 is 63.6 Å². The topological polar surface area (TPSA) is 109 Å². The summed E-state index contributed by atoms with van der Waals surface area (Å²) >= 11 is 0. The van der Waals surface area contributed by atoms with Gasteiger partial charge in [0.2, 0.25) is 0 Å². The lowest BCUT2D eigenvalue weighted by Crippen LogP contribution is -2.56. The monoisotopic (exact) mass is 684 g/mol. The fourth-order valence-corrected chi connectivity index (χ4v) is 6.69. The second-order valence-electron chi connectivity index (χ2n) is 9.55. The van der Waals surface area contributed by atoms with E-state index in [4.69, 9.17) is 0 Å². The molecule has 4 aromatic rings. The average Bonchev–Trinajstić information content (AvgIpc) is 3.02. The van der Waals surface area contributed by atoms with E-state index in [0.717, 1.165) is 48.5 Å². The SMILES string of the molecule is O=C(C(=O)N(C(c1ccccc1)c1ccccc1)S(=O)(=O)C(F)(F)F)N(C(c1ccccc1)c1ccccc1)S(=O)(=O)C(F)(F)F. The number of hydrogen-bond donors (Lipinski definition) is 0. The Bertz CT molecular complexity index is 1670. The van der Waals surface area contributed by atoms with E-state index >= 15 is 0 Å². The number of sulfonamides is 2. The van der Waals surface area contributed by atoms with Gasteiger partial charge >= 0.3 is 42.9 Å². The number of alkyl halides is 6. The quantitative estimate of drug-likeness (QED) is 0.168. The van der Waals surface area contributed by atoms with E-state index in [0.29, 0.717) is 0 Å². The van der Waals surface area contributed by atoms with Crippen LogP contribution in [0.4, 0.5) is 26.3 Å². The molecule has 0 aliphatic carbocycles. The molecular formula is C30H22F6N2O6S2. The van der Waals surface area contributed by atoms with Gasteiger partial charge in [-0.25, -0.2) is 8.61 Å². The summed E-state index contributed by atoms with van der Waals surface area (Å²) in [6, 6.07) is 20.2. The van der Waals surface area contributed by atoms with Gasteiger partial charge in [0, 0.05) is 0 Å². The van der Waals surface area contributed by atoms with Crippen LogP contribution < -0.4 is 0 Å². The Morgan fingerprint density at radius 2 is 0.630 bits per heavy atom. The highest BCUT2D eigenvalue weighted by molar-refractivity contribution is 7.91. The Morgan fingerprint density at radius 1 is 0.435 bits per heavy atom. The van der Waals surface area contributed by atoms with Crippen molar-refractivity contribution in [3.8, 4) is 0 Å². The molecule has 16 heteroatoms. The normalized spacial score (nSPS) is 12.6. The van der Waals surface area contributed by atoms with Gasteiger partial charge in [-0.3, -0.25) is 9.59 Å². The number of halogens is 6.